The molecule has 0 unspecified atom stereocenters. The molecule has 1 heterocycles. The minimum atomic E-state index is 0.0312. The number of nitrogens with zero attached hydrogens (tertiary/aromatic N) is 2. The van der Waals surface area contributed by atoms with Gasteiger partial charge in [-0.15, -0.1) is 0 Å². The fourth-order valence-corrected chi connectivity index (χ4v) is 4.84. The highest BCUT2D eigenvalue weighted by Crippen LogP contribution is 2.27. The molecule has 0 saturated heterocycles. The topological polar surface area (TPSA) is 65.4 Å². The number of aromatic nitrogens is 2. The maximum absolute atomic E-state index is 12.4. The maximum atomic E-state index is 12.4. The van der Waals surface area contributed by atoms with Gasteiger partial charge in [-0.25, -0.2) is 4.98 Å². The molecule has 0 bridgehead atoms. The van der Waals surface area contributed by atoms with Gasteiger partial charge in [0.1, 0.15) is 5.82 Å². The number of para-hydroxylation sites is 2. The van der Waals surface area contributed by atoms with Crippen LogP contribution in [0.15, 0.2) is 42.5 Å². The average molecular weight is 508 g/mol. The predicted molar refractivity (Wildman–Crippen MR) is 152 cm³/mol. The highest BCUT2D eigenvalue weighted by molar-refractivity contribution is 5.78. The van der Waals surface area contributed by atoms with E-state index in [1.165, 1.54) is 56.3 Å². The van der Waals surface area contributed by atoms with Gasteiger partial charge in [-0.2, -0.15) is 0 Å². The molecular formula is C31H45N3O3. The fraction of sp³-hybridized carbons (Fsp3) is 0.548. The molecule has 1 amide bonds. The van der Waals surface area contributed by atoms with Crippen LogP contribution in [0.5, 0.6) is 11.5 Å². The Hall–Kier alpha value is -3.02. The third-order valence-electron chi connectivity index (χ3n) is 6.93. The van der Waals surface area contributed by atoms with Crippen molar-refractivity contribution in [2.45, 2.75) is 90.5 Å². The van der Waals surface area contributed by atoms with E-state index in [1.807, 2.05) is 18.2 Å². The van der Waals surface area contributed by atoms with Crippen LogP contribution in [-0.2, 0) is 24.2 Å². The number of carbonyl (C=O) groups is 1. The Kier molecular flexibility index (Phi) is 12.3. The number of methoxy groups -OCH3 is 2. The van der Waals surface area contributed by atoms with E-state index >= 15 is 0 Å². The number of hydrogen-bond donors (Lipinski definition) is 1. The van der Waals surface area contributed by atoms with Gasteiger partial charge in [0.2, 0.25) is 5.91 Å². The Morgan fingerprint density at radius 3 is 2.38 bits per heavy atom. The summed E-state index contributed by atoms with van der Waals surface area (Å²) in [7, 11) is 3.21. The Labute approximate surface area is 222 Å². The van der Waals surface area contributed by atoms with Crippen LogP contribution in [0.2, 0.25) is 0 Å². The first-order valence-corrected chi connectivity index (χ1v) is 14.1. The zero-order chi connectivity index (χ0) is 26.3. The van der Waals surface area contributed by atoms with Gasteiger partial charge in [-0.3, -0.25) is 4.79 Å². The van der Waals surface area contributed by atoms with E-state index in [1.54, 1.807) is 14.2 Å². The average Bonchev–Trinajstić information content (AvgIpc) is 3.27. The molecule has 0 aliphatic carbocycles. The molecular weight excluding hydrogens is 462 g/mol. The van der Waals surface area contributed by atoms with Gasteiger partial charge < -0.3 is 19.4 Å². The van der Waals surface area contributed by atoms with Gasteiger partial charge in [-0.05, 0) is 49.1 Å². The molecule has 202 valence electrons. The first kappa shape index (κ1) is 28.5. The summed E-state index contributed by atoms with van der Waals surface area (Å²) < 4.78 is 13.0. The second kappa shape index (κ2) is 16.0. The first-order chi connectivity index (χ1) is 18.2. The summed E-state index contributed by atoms with van der Waals surface area (Å²) in [5, 5.41) is 3.05. The highest BCUT2D eigenvalue weighted by Gasteiger charge is 2.11. The van der Waals surface area contributed by atoms with Crippen molar-refractivity contribution >= 4 is 16.9 Å². The van der Waals surface area contributed by atoms with Crippen LogP contribution in [0, 0.1) is 0 Å². The van der Waals surface area contributed by atoms with E-state index in [9.17, 15) is 4.79 Å². The normalized spacial score (nSPS) is 11.1. The molecule has 0 aliphatic rings. The summed E-state index contributed by atoms with van der Waals surface area (Å²) in [5.41, 5.74) is 3.27. The molecule has 0 aliphatic heterocycles. The third kappa shape index (κ3) is 9.10. The molecule has 3 rings (SSSR count). The zero-order valence-corrected chi connectivity index (χ0v) is 23.1. The molecule has 0 radical (unpaired) electrons. The number of aryl methyl sites for hydroxylation is 2. The number of carbonyl (C=O) groups excluding carboxylic acids is 1. The van der Waals surface area contributed by atoms with Gasteiger partial charge in [-0.1, -0.05) is 70.1 Å². The van der Waals surface area contributed by atoms with Crippen molar-refractivity contribution in [1.82, 2.24) is 14.9 Å². The van der Waals surface area contributed by atoms with Crippen LogP contribution in [0.1, 0.15) is 82.5 Å². The second-order valence-electron chi connectivity index (χ2n) is 9.82. The summed E-state index contributed by atoms with van der Waals surface area (Å²) in [6, 6.07) is 14.1. The number of amides is 1. The largest absolute Gasteiger partial charge is 0.493 e. The summed E-state index contributed by atoms with van der Waals surface area (Å²) in [5.74, 6) is 2.54. The third-order valence-corrected chi connectivity index (χ3v) is 6.93. The number of unbranched alkanes of at least 4 members (excludes halogenated alkanes) is 8. The van der Waals surface area contributed by atoms with E-state index in [4.69, 9.17) is 14.5 Å². The highest BCUT2D eigenvalue weighted by atomic mass is 16.5. The van der Waals surface area contributed by atoms with Crippen LogP contribution in [0.3, 0.4) is 0 Å². The SMILES string of the molecule is CCCCCCCCCn1c(CCCCCNC(=O)Cc2ccc(OC)c(OC)c2)nc2ccccc21. The molecule has 1 aromatic heterocycles. The number of benzene rings is 2. The van der Waals surface area contributed by atoms with E-state index in [0.29, 0.717) is 24.5 Å². The minimum Gasteiger partial charge on any atom is -0.493 e. The predicted octanol–water partition coefficient (Wildman–Crippen LogP) is 6.88. The Morgan fingerprint density at radius 2 is 1.59 bits per heavy atom. The van der Waals surface area contributed by atoms with E-state index in [-0.39, 0.29) is 5.91 Å². The Morgan fingerprint density at radius 1 is 0.865 bits per heavy atom. The smallest absolute Gasteiger partial charge is 0.224 e. The summed E-state index contributed by atoms with van der Waals surface area (Å²) in [6.07, 6.45) is 13.6. The van der Waals surface area contributed by atoms with Crippen molar-refractivity contribution in [3.63, 3.8) is 0 Å². The lowest BCUT2D eigenvalue weighted by Gasteiger charge is -2.10. The van der Waals surface area contributed by atoms with Gasteiger partial charge in [0.15, 0.2) is 11.5 Å². The van der Waals surface area contributed by atoms with Crippen molar-refractivity contribution in [3.05, 3.63) is 53.9 Å². The van der Waals surface area contributed by atoms with Crippen LogP contribution in [0.4, 0.5) is 0 Å². The quantitative estimate of drug-likeness (QED) is 0.191. The van der Waals surface area contributed by atoms with Crippen LogP contribution in [0.25, 0.3) is 11.0 Å². The lowest BCUT2D eigenvalue weighted by molar-refractivity contribution is -0.120. The molecule has 0 spiro atoms. The fourth-order valence-electron chi connectivity index (χ4n) is 4.84. The zero-order valence-electron chi connectivity index (χ0n) is 23.1. The van der Waals surface area contributed by atoms with Crippen molar-refractivity contribution in [3.8, 4) is 11.5 Å². The van der Waals surface area contributed by atoms with Crippen molar-refractivity contribution in [2.75, 3.05) is 20.8 Å². The molecule has 3 aromatic rings. The van der Waals surface area contributed by atoms with Crippen LogP contribution < -0.4 is 14.8 Å². The van der Waals surface area contributed by atoms with Crippen LogP contribution >= 0.6 is 0 Å². The van der Waals surface area contributed by atoms with Crippen molar-refractivity contribution in [1.29, 1.82) is 0 Å². The van der Waals surface area contributed by atoms with E-state index in [2.05, 4.69) is 41.1 Å². The lowest BCUT2D eigenvalue weighted by Crippen LogP contribution is -2.26. The molecule has 0 fully saturated rings. The number of fused-ring (bicyclic) bond motifs is 1. The van der Waals surface area contributed by atoms with E-state index < -0.39 is 0 Å². The first-order valence-electron chi connectivity index (χ1n) is 14.1. The molecule has 6 nitrogen and oxygen atoms in total. The maximum Gasteiger partial charge on any atom is 0.224 e. The summed E-state index contributed by atoms with van der Waals surface area (Å²) >= 11 is 0. The summed E-state index contributed by atoms with van der Waals surface area (Å²) in [4.78, 5) is 17.3. The van der Waals surface area contributed by atoms with Crippen molar-refractivity contribution in [2.24, 2.45) is 0 Å². The molecule has 0 atom stereocenters. The van der Waals surface area contributed by atoms with Crippen molar-refractivity contribution < 1.29 is 14.3 Å². The Balaban J connectivity index is 1.39. The van der Waals surface area contributed by atoms with Gasteiger partial charge >= 0.3 is 0 Å². The van der Waals surface area contributed by atoms with Crippen LogP contribution in [-0.4, -0.2) is 36.2 Å². The Bertz CT molecular complexity index is 1090. The number of hydrogen-bond acceptors (Lipinski definition) is 4. The van der Waals surface area contributed by atoms with Gasteiger partial charge in [0.25, 0.3) is 0 Å². The molecule has 6 heteroatoms. The second-order valence-corrected chi connectivity index (χ2v) is 9.82. The number of ether oxygens (including phenoxy) is 2. The molecule has 2 aromatic carbocycles. The molecule has 0 saturated carbocycles. The number of imidazole rings is 1. The van der Waals surface area contributed by atoms with Gasteiger partial charge in [0, 0.05) is 19.5 Å². The van der Waals surface area contributed by atoms with E-state index in [0.717, 1.165) is 43.3 Å². The standard InChI is InChI=1S/C31H45N3O3/c1-4-5-6-7-8-9-15-22-34-27-17-13-12-16-26(27)33-30(34)18-11-10-14-21-32-31(35)24-25-19-20-28(36-2)29(23-25)37-3/h12-13,16-17,19-20,23H,4-11,14-15,18,21-22,24H2,1-3H3,(H,32,35). The number of nitrogens with one attached hydrogen (secondary N) is 1. The number of rotatable bonds is 18. The lowest BCUT2D eigenvalue weighted by atomic mass is 10.1. The monoisotopic (exact) mass is 507 g/mol. The molecule has 37 heavy (non-hydrogen) atoms. The summed E-state index contributed by atoms with van der Waals surface area (Å²) in [6.45, 7) is 4.01. The van der Waals surface area contributed by atoms with Gasteiger partial charge in [0.05, 0.1) is 31.7 Å². The molecule has 1 N–H and O–H groups in total. The minimum absolute atomic E-state index is 0.0312.